The van der Waals surface area contributed by atoms with Crippen molar-refractivity contribution in [3.63, 3.8) is 0 Å². The number of nitrogens with zero attached hydrogens (tertiary/aromatic N) is 1. The first-order valence-corrected chi connectivity index (χ1v) is 8.44. The summed E-state index contributed by atoms with van der Waals surface area (Å²) in [5.41, 5.74) is 3.78. The van der Waals surface area contributed by atoms with E-state index >= 15 is 0 Å². The van der Waals surface area contributed by atoms with Crippen molar-refractivity contribution in [2.24, 2.45) is 0 Å². The molecular formula is C14H18N2S2. The van der Waals surface area contributed by atoms with Gasteiger partial charge >= 0.3 is 0 Å². The van der Waals surface area contributed by atoms with Gasteiger partial charge < -0.3 is 4.98 Å². The molecule has 0 unspecified atom stereocenters. The second kappa shape index (κ2) is 6.90. The molecule has 1 aromatic heterocycles. The third kappa shape index (κ3) is 3.56. The number of aryl methyl sites for hydroxylation is 1. The van der Waals surface area contributed by atoms with Gasteiger partial charge in [0.05, 0.1) is 5.69 Å². The molecule has 0 amide bonds. The van der Waals surface area contributed by atoms with Crippen molar-refractivity contribution in [2.75, 3.05) is 11.3 Å². The van der Waals surface area contributed by atoms with E-state index in [9.17, 15) is 0 Å². The van der Waals surface area contributed by atoms with Crippen LogP contribution in [0.5, 0.6) is 0 Å². The number of rotatable bonds is 6. The largest absolute Gasteiger partial charge is 0.336 e. The van der Waals surface area contributed by atoms with E-state index in [0.29, 0.717) is 0 Å². The summed E-state index contributed by atoms with van der Waals surface area (Å²) in [6.07, 6.45) is 4.04. The Morgan fingerprint density at radius 1 is 1.22 bits per heavy atom. The average Bonchev–Trinajstić information content (AvgIpc) is 2.80. The van der Waals surface area contributed by atoms with Crippen molar-refractivity contribution < 1.29 is 0 Å². The Balaban J connectivity index is 2.13. The standard InChI is InChI=1S/C14H18N2S2/c1-3-12-13(9-11-7-5-4-6-8-11)16-14(15-12)18-10-17-2/h4-8H,3,9-10H2,1-2H3,(H,15,16). The molecule has 0 atom stereocenters. The molecule has 2 rings (SSSR count). The third-order valence-electron chi connectivity index (χ3n) is 2.71. The molecule has 0 radical (unpaired) electrons. The second-order valence-electron chi connectivity index (χ2n) is 4.03. The van der Waals surface area contributed by atoms with Gasteiger partial charge in [0.2, 0.25) is 0 Å². The zero-order valence-electron chi connectivity index (χ0n) is 10.8. The molecule has 0 aliphatic rings. The molecule has 0 aliphatic heterocycles. The predicted molar refractivity (Wildman–Crippen MR) is 81.5 cm³/mol. The van der Waals surface area contributed by atoms with Crippen LogP contribution in [0.2, 0.25) is 0 Å². The molecule has 4 heteroatoms. The fraction of sp³-hybridized carbons (Fsp3) is 0.357. The maximum absolute atomic E-state index is 4.66. The number of imidazole rings is 1. The van der Waals surface area contributed by atoms with Crippen LogP contribution in [0.25, 0.3) is 0 Å². The summed E-state index contributed by atoms with van der Waals surface area (Å²) in [4.78, 5) is 8.11. The van der Waals surface area contributed by atoms with Gasteiger partial charge in [0.1, 0.15) is 0 Å². The minimum Gasteiger partial charge on any atom is -0.336 e. The summed E-state index contributed by atoms with van der Waals surface area (Å²) < 4.78 is 0. The molecule has 1 N–H and O–H groups in total. The molecule has 0 aliphatic carbocycles. The zero-order chi connectivity index (χ0) is 12.8. The molecule has 2 aromatic rings. The van der Waals surface area contributed by atoms with Crippen LogP contribution in [0.4, 0.5) is 0 Å². The van der Waals surface area contributed by atoms with Crippen molar-refractivity contribution >= 4 is 23.5 Å². The van der Waals surface area contributed by atoms with Crippen LogP contribution in [0, 0.1) is 0 Å². The normalized spacial score (nSPS) is 10.8. The van der Waals surface area contributed by atoms with E-state index in [1.54, 1.807) is 11.8 Å². The van der Waals surface area contributed by atoms with Crippen LogP contribution in [-0.2, 0) is 12.8 Å². The molecule has 0 saturated heterocycles. The van der Waals surface area contributed by atoms with Crippen LogP contribution >= 0.6 is 23.5 Å². The van der Waals surface area contributed by atoms with Crippen LogP contribution < -0.4 is 0 Å². The number of aromatic nitrogens is 2. The first-order chi connectivity index (χ1) is 8.83. The Bertz CT molecular complexity index is 480. The molecule has 18 heavy (non-hydrogen) atoms. The van der Waals surface area contributed by atoms with Crippen molar-refractivity contribution in [1.82, 2.24) is 9.97 Å². The molecule has 0 fully saturated rings. The summed E-state index contributed by atoms with van der Waals surface area (Å²) in [5.74, 6) is 0. The highest BCUT2D eigenvalue weighted by Gasteiger charge is 2.09. The van der Waals surface area contributed by atoms with Crippen LogP contribution in [0.1, 0.15) is 23.9 Å². The monoisotopic (exact) mass is 278 g/mol. The van der Waals surface area contributed by atoms with Gasteiger partial charge in [-0.25, -0.2) is 4.98 Å². The van der Waals surface area contributed by atoms with Crippen LogP contribution in [0.3, 0.4) is 0 Å². The van der Waals surface area contributed by atoms with Gasteiger partial charge in [-0.05, 0) is 18.2 Å². The Kier molecular flexibility index (Phi) is 5.20. The van der Waals surface area contributed by atoms with Crippen LogP contribution in [0.15, 0.2) is 35.5 Å². The maximum atomic E-state index is 4.66. The lowest BCUT2D eigenvalue weighted by atomic mass is 10.1. The van der Waals surface area contributed by atoms with Crippen LogP contribution in [-0.4, -0.2) is 21.3 Å². The molecule has 2 nitrogen and oxygen atoms in total. The summed E-state index contributed by atoms with van der Waals surface area (Å²) in [6, 6.07) is 10.5. The van der Waals surface area contributed by atoms with Gasteiger partial charge in [-0.2, -0.15) is 11.8 Å². The Hall–Kier alpha value is -0.870. The highest BCUT2D eigenvalue weighted by atomic mass is 32.2. The van der Waals surface area contributed by atoms with Crippen molar-refractivity contribution in [3.8, 4) is 0 Å². The Morgan fingerprint density at radius 3 is 2.67 bits per heavy atom. The van der Waals surface area contributed by atoms with Gasteiger partial charge in [-0.15, -0.1) is 0 Å². The number of hydrogen-bond donors (Lipinski definition) is 1. The highest BCUT2D eigenvalue weighted by molar-refractivity contribution is 8.15. The molecule has 1 aromatic carbocycles. The average molecular weight is 278 g/mol. The van der Waals surface area contributed by atoms with E-state index in [1.165, 1.54) is 17.0 Å². The van der Waals surface area contributed by atoms with Gasteiger partial charge in [0.15, 0.2) is 5.16 Å². The summed E-state index contributed by atoms with van der Waals surface area (Å²) in [7, 11) is 0. The number of H-pyrrole nitrogens is 1. The summed E-state index contributed by atoms with van der Waals surface area (Å²) >= 11 is 3.60. The van der Waals surface area contributed by atoms with E-state index in [1.807, 2.05) is 11.8 Å². The number of hydrogen-bond acceptors (Lipinski definition) is 3. The van der Waals surface area contributed by atoms with Crippen molar-refractivity contribution in [3.05, 3.63) is 47.3 Å². The number of thioether (sulfide) groups is 2. The SMILES string of the molecule is CCc1nc(SCSC)[nH]c1Cc1ccccc1. The van der Waals surface area contributed by atoms with E-state index in [4.69, 9.17) is 0 Å². The molecule has 96 valence electrons. The van der Waals surface area contributed by atoms with E-state index in [2.05, 4.69) is 53.5 Å². The van der Waals surface area contributed by atoms with E-state index in [0.717, 1.165) is 23.1 Å². The number of aromatic amines is 1. The van der Waals surface area contributed by atoms with E-state index < -0.39 is 0 Å². The Labute approximate surface area is 117 Å². The van der Waals surface area contributed by atoms with Gasteiger partial charge in [0.25, 0.3) is 0 Å². The smallest absolute Gasteiger partial charge is 0.166 e. The van der Waals surface area contributed by atoms with Gasteiger partial charge in [0, 0.05) is 17.2 Å². The van der Waals surface area contributed by atoms with Gasteiger partial charge in [-0.3, -0.25) is 0 Å². The predicted octanol–water partition coefficient (Wildman–Crippen LogP) is 3.98. The van der Waals surface area contributed by atoms with E-state index in [-0.39, 0.29) is 0 Å². The van der Waals surface area contributed by atoms with Crippen molar-refractivity contribution in [1.29, 1.82) is 0 Å². The summed E-state index contributed by atoms with van der Waals surface area (Å²) in [6.45, 7) is 2.16. The minimum absolute atomic E-state index is 0.941. The molecule has 1 heterocycles. The van der Waals surface area contributed by atoms with Crippen molar-refractivity contribution in [2.45, 2.75) is 24.9 Å². The number of benzene rings is 1. The summed E-state index contributed by atoms with van der Waals surface area (Å²) in [5, 5.41) is 2.09. The minimum atomic E-state index is 0.941. The highest BCUT2D eigenvalue weighted by Crippen LogP contribution is 2.22. The lowest BCUT2D eigenvalue weighted by molar-refractivity contribution is 0.992. The lowest BCUT2D eigenvalue weighted by Crippen LogP contribution is -1.93. The third-order valence-corrected chi connectivity index (χ3v) is 4.60. The quantitative estimate of drug-likeness (QED) is 0.640. The fourth-order valence-corrected chi connectivity index (χ4v) is 3.13. The zero-order valence-corrected chi connectivity index (χ0v) is 12.4. The molecular weight excluding hydrogens is 260 g/mol. The first-order valence-electron chi connectivity index (χ1n) is 6.07. The Morgan fingerprint density at radius 2 is 2.00 bits per heavy atom. The topological polar surface area (TPSA) is 28.7 Å². The second-order valence-corrected chi connectivity index (χ2v) is 6.23. The van der Waals surface area contributed by atoms with Gasteiger partial charge in [-0.1, -0.05) is 49.0 Å². The molecule has 0 saturated carbocycles. The lowest BCUT2D eigenvalue weighted by Gasteiger charge is -2.00. The number of nitrogens with one attached hydrogen (secondary N) is 1. The first kappa shape index (κ1) is 13.6. The molecule has 0 spiro atoms. The fourth-order valence-electron chi connectivity index (χ4n) is 1.84. The maximum Gasteiger partial charge on any atom is 0.166 e. The molecule has 0 bridgehead atoms.